The smallest absolute Gasteiger partial charge is 0.225 e. The summed E-state index contributed by atoms with van der Waals surface area (Å²) in [4.78, 5) is 14.0. The molecule has 0 saturated heterocycles. The van der Waals surface area contributed by atoms with Crippen LogP contribution in [-0.4, -0.2) is 41.7 Å². The second-order valence-electron chi connectivity index (χ2n) is 4.77. The Kier molecular flexibility index (Phi) is 5.19. The molecule has 5 heteroatoms. The molecule has 1 aliphatic carbocycles. The van der Waals surface area contributed by atoms with Gasteiger partial charge in [0.15, 0.2) is 0 Å². The van der Waals surface area contributed by atoms with Crippen molar-refractivity contribution in [2.24, 2.45) is 0 Å². The topological polar surface area (TPSA) is 52.6 Å². The first-order chi connectivity index (χ1) is 9.20. The molecular formula is C14H19ClN2O2. The van der Waals surface area contributed by atoms with Crippen LogP contribution in [0, 0.1) is 0 Å². The van der Waals surface area contributed by atoms with Crippen molar-refractivity contribution in [1.82, 2.24) is 4.90 Å². The summed E-state index contributed by atoms with van der Waals surface area (Å²) in [5.41, 5.74) is 0.647. The van der Waals surface area contributed by atoms with Gasteiger partial charge in [-0.15, -0.1) is 0 Å². The van der Waals surface area contributed by atoms with E-state index in [0.717, 1.165) is 0 Å². The van der Waals surface area contributed by atoms with E-state index in [4.69, 9.17) is 16.7 Å². The van der Waals surface area contributed by atoms with Crippen molar-refractivity contribution < 1.29 is 9.90 Å². The second-order valence-corrected chi connectivity index (χ2v) is 5.18. The van der Waals surface area contributed by atoms with Crippen molar-refractivity contribution in [3.05, 3.63) is 29.3 Å². The van der Waals surface area contributed by atoms with E-state index in [9.17, 15) is 4.79 Å². The standard InChI is InChI=1S/C14H19ClN2O2/c15-12-3-1-2-4-13(12)16-14(19)7-8-17(9-10-18)11-5-6-11/h1-4,11,18H,5-10H2,(H,16,19). The lowest BCUT2D eigenvalue weighted by Crippen LogP contribution is -2.32. The molecule has 0 aromatic heterocycles. The number of carbonyl (C=O) groups excluding carboxylic acids is 1. The molecule has 0 radical (unpaired) electrons. The monoisotopic (exact) mass is 282 g/mol. The number of nitrogens with zero attached hydrogens (tertiary/aromatic N) is 1. The van der Waals surface area contributed by atoms with Gasteiger partial charge in [0.1, 0.15) is 0 Å². The number of halogens is 1. The van der Waals surface area contributed by atoms with Crippen molar-refractivity contribution in [1.29, 1.82) is 0 Å². The number of nitrogens with one attached hydrogen (secondary N) is 1. The number of anilines is 1. The molecule has 0 heterocycles. The van der Waals surface area contributed by atoms with Gasteiger partial charge in [0, 0.05) is 25.6 Å². The number of rotatable bonds is 7. The van der Waals surface area contributed by atoms with Crippen molar-refractivity contribution in [3.63, 3.8) is 0 Å². The molecule has 1 aromatic rings. The average Bonchev–Trinajstić information content (AvgIpc) is 3.21. The number of aliphatic hydroxyl groups is 1. The van der Waals surface area contributed by atoms with E-state index in [1.54, 1.807) is 12.1 Å². The highest BCUT2D eigenvalue weighted by molar-refractivity contribution is 6.33. The van der Waals surface area contributed by atoms with Crippen molar-refractivity contribution >= 4 is 23.2 Å². The van der Waals surface area contributed by atoms with Crippen molar-refractivity contribution in [2.75, 3.05) is 25.0 Å². The molecule has 19 heavy (non-hydrogen) atoms. The van der Waals surface area contributed by atoms with Crippen LogP contribution in [0.1, 0.15) is 19.3 Å². The van der Waals surface area contributed by atoms with E-state index in [0.29, 0.717) is 36.3 Å². The molecule has 1 aliphatic rings. The maximum absolute atomic E-state index is 11.9. The summed E-state index contributed by atoms with van der Waals surface area (Å²) in [5.74, 6) is -0.0447. The zero-order valence-corrected chi connectivity index (χ0v) is 11.6. The lowest BCUT2D eigenvalue weighted by molar-refractivity contribution is -0.116. The Balaban J connectivity index is 1.79. The van der Waals surface area contributed by atoms with Crippen molar-refractivity contribution in [2.45, 2.75) is 25.3 Å². The lowest BCUT2D eigenvalue weighted by atomic mass is 10.3. The lowest BCUT2D eigenvalue weighted by Gasteiger charge is -2.20. The number of hydrogen-bond donors (Lipinski definition) is 2. The van der Waals surface area contributed by atoms with Crippen LogP contribution in [0.15, 0.2) is 24.3 Å². The minimum Gasteiger partial charge on any atom is -0.395 e. The van der Waals surface area contributed by atoms with Gasteiger partial charge in [0.05, 0.1) is 17.3 Å². The van der Waals surface area contributed by atoms with Crippen LogP contribution in [0.2, 0.25) is 5.02 Å². The van der Waals surface area contributed by atoms with Gasteiger partial charge in [-0.3, -0.25) is 9.69 Å². The summed E-state index contributed by atoms with van der Waals surface area (Å²) in [7, 11) is 0. The van der Waals surface area contributed by atoms with Gasteiger partial charge in [0.2, 0.25) is 5.91 Å². The normalized spacial score (nSPS) is 14.7. The van der Waals surface area contributed by atoms with Crippen LogP contribution in [0.5, 0.6) is 0 Å². The van der Waals surface area contributed by atoms with Gasteiger partial charge >= 0.3 is 0 Å². The Hall–Kier alpha value is -1.10. The first-order valence-corrected chi connectivity index (χ1v) is 6.98. The summed E-state index contributed by atoms with van der Waals surface area (Å²) >= 11 is 5.98. The molecule has 104 valence electrons. The number of para-hydroxylation sites is 1. The molecule has 1 aromatic carbocycles. The van der Waals surface area contributed by atoms with E-state index < -0.39 is 0 Å². The second kappa shape index (κ2) is 6.89. The first kappa shape index (κ1) is 14.3. The highest BCUT2D eigenvalue weighted by Gasteiger charge is 2.28. The van der Waals surface area contributed by atoms with E-state index in [1.165, 1.54) is 12.8 Å². The zero-order valence-electron chi connectivity index (χ0n) is 10.8. The first-order valence-electron chi connectivity index (χ1n) is 6.60. The molecule has 0 spiro atoms. The molecule has 0 unspecified atom stereocenters. The predicted molar refractivity (Wildman–Crippen MR) is 76.4 cm³/mol. The number of amides is 1. The Labute approximate surface area is 118 Å². The molecule has 2 rings (SSSR count). The zero-order chi connectivity index (χ0) is 13.7. The Morgan fingerprint density at radius 2 is 2.11 bits per heavy atom. The average molecular weight is 283 g/mol. The van der Waals surface area contributed by atoms with Crippen LogP contribution in [-0.2, 0) is 4.79 Å². The summed E-state index contributed by atoms with van der Waals surface area (Å²) in [5, 5.41) is 12.3. The number of benzene rings is 1. The fraction of sp³-hybridized carbons (Fsp3) is 0.500. The fourth-order valence-electron chi connectivity index (χ4n) is 2.07. The van der Waals surface area contributed by atoms with Gasteiger partial charge in [-0.25, -0.2) is 0 Å². The van der Waals surface area contributed by atoms with E-state index in [1.807, 2.05) is 12.1 Å². The third-order valence-electron chi connectivity index (χ3n) is 3.22. The minimum atomic E-state index is -0.0447. The maximum atomic E-state index is 11.9. The number of aliphatic hydroxyl groups excluding tert-OH is 1. The van der Waals surface area contributed by atoms with Gasteiger partial charge in [-0.1, -0.05) is 23.7 Å². The van der Waals surface area contributed by atoms with E-state index in [-0.39, 0.29) is 12.5 Å². The van der Waals surface area contributed by atoms with Gasteiger partial charge in [-0.2, -0.15) is 0 Å². The van der Waals surface area contributed by atoms with E-state index in [2.05, 4.69) is 10.2 Å². The minimum absolute atomic E-state index is 0.0447. The molecule has 1 fully saturated rings. The molecule has 1 amide bonds. The molecule has 0 atom stereocenters. The third kappa shape index (κ3) is 4.49. The summed E-state index contributed by atoms with van der Waals surface area (Å²) in [6, 6.07) is 7.75. The summed E-state index contributed by atoms with van der Waals surface area (Å²) in [6.07, 6.45) is 2.76. The Morgan fingerprint density at radius 1 is 1.37 bits per heavy atom. The SMILES string of the molecule is O=C(CCN(CCO)C1CC1)Nc1ccccc1Cl. The van der Waals surface area contributed by atoms with Gasteiger partial charge in [0.25, 0.3) is 0 Å². The summed E-state index contributed by atoms with van der Waals surface area (Å²) < 4.78 is 0. The Morgan fingerprint density at radius 3 is 2.74 bits per heavy atom. The van der Waals surface area contributed by atoms with E-state index >= 15 is 0 Å². The summed E-state index contributed by atoms with van der Waals surface area (Å²) in [6.45, 7) is 1.47. The quantitative estimate of drug-likeness (QED) is 0.805. The Bertz CT molecular complexity index is 435. The van der Waals surface area contributed by atoms with Gasteiger partial charge in [-0.05, 0) is 25.0 Å². The molecule has 2 N–H and O–H groups in total. The molecule has 1 saturated carbocycles. The van der Waals surface area contributed by atoms with Crippen LogP contribution in [0.25, 0.3) is 0 Å². The van der Waals surface area contributed by atoms with Crippen molar-refractivity contribution in [3.8, 4) is 0 Å². The third-order valence-corrected chi connectivity index (χ3v) is 3.55. The highest BCUT2D eigenvalue weighted by atomic mass is 35.5. The number of carbonyl (C=O) groups is 1. The van der Waals surface area contributed by atoms with Gasteiger partial charge < -0.3 is 10.4 Å². The number of hydrogen-bond acceptors (Lipinski definition) is 3. The van der Waals surface area contributed by atoms with Crippen LogP contribution in [0.4, 0.5) is 5.69 Å². The van der Waals surface area contributed by atoms with Crippen LogP contribution >= 0.6 is 11.6 Å². The molecule has 0 aliphatic heterocycles. The fourth-order valence-corrected chi connectivity index (χ4v) is 2.25. The molecule has 4 nitrogen and oxygen atoms in total. The highest BCUT2D eigenvalue weighted by Crippen LogP contribution is 2.26. The predicted octanol–water partition coefficient (Wildman–Crippen LogP) is 2.13. The molecule has 0 bridgehead atoms. The van der Waals surface area contributed by atoms with Crippen LogP contribution < -0.4 is 5.32 Å². The largest absolute Gasteiger partial charge is 0.395 e. The maximum Gasteiger partial charge on any atom is 0.225 e. The van der Waals surface area contributed by atoms with Crippen LogP contribution in [0.3, 0.4) is 0 Å². The molecular weight excluding hydrogens is 264 g/mol.